The van der Waals surface area contributed by atoms with Gasteiger partial charge in [-0.1, -0.05) is 0 Å². The molecule has 4 nitrogen and oxygen atoms in total. The Kier molecular flexibility index (Phi) is 6.17. The molecule has 1 amide bonds. The van der Waals surface area contributed by atoms with Gasteiger partial charge in [-0.15, -0.1) is 0 Å². The third-order valence-corrected chi connectivity index (χ3v) is 8.83. The van der Waals surface area contributed by atoms with Gasteiger partial charge >= 0.3 is 162 Å². The maximum atomic E-state index is 13.0. The minimum absolute atomic E-state index is 0.128. The van der Waals surface area contributed by atoms with Gasteiger partial charge in [0.2, 0.25) is 0 Å². The molecule has 0 fully saturated rings. The minimum atomic E-state index is -3.74. The Morgan fingerprint density at radius 2 is 1.69 bits per heavy atom. The van der Waals surface area contributed by atoms with E-state index in [0.29, 0.717) is 10.9 Å². The Bertz CT molecular complexity index is 868. The molecule has 6 heteroatoms. The summed E-state index contributed by atoms with van der Waals surface area (Å²) < 4.78 is 28.4. The Morgan fingerprint density at radius 3 is 2.38 bits per heavy atom. The van der Waals surface area contributed by atoms with Gasteiger partial charge in [0.05, 0.1) is 0 Å². The number of nitrogens with zero attached hydrogens (tertiary/aromatic N) is 1. The molecule has 1 unspecified atom stereocenters. The van der Waals surface area contributed by atoms with Crippen molar-refractivity contribution in [3.8, 4) is 0 Å². The van der Waals surface area contributed by atoms with E-state index >= 15 is 0 Å². The van der Waals surface area contributed by atoms with Crippen LogP contribution in [0.5, 0.6) is 0 Å². The van der Waals surface area contributed by atoms with Crippen molar-refractivity contribution < 1.29 is 13.2 Å². The molecule has 138 valence electrons. The van der Waals surface area contributed by atoms with Gasteiger partial charge in [0.25, 0.3) is 0 Å². The van der Waals surface area contributed by atoms with Crippen LogP contribution in [0.2, 0.25) is 5.32 Å². The van der Waals surface area contributed by atoms with Crippen LogP contribution in [0.1, 0.15) is 43.0 Å². The number of fused-ring (bicyclic) bond motifs is 1. The van der Waals surface area contributed by atoms with Gasteiger partial charge in [0.1, 0.15) is 0 Å². The van der Waals surface area contributed by atoms with Gasteiger partial charge < -0.3 is 0 Å². The Labute approximate surface area is 161 Å². The van der Waals surface area contributed by atoms with Crippen molar-refractivity contribution in [2.45, 2.75) is 48.9 Å². The van der Waals surface area contributed by atoms with E-state index in [-0.39, 0.29) is 31.8 Å². The number of rotatable bonds is 8. The van der Waals surface area contributed by atoms with Crippen LogP contribution in [0.3, 0.4) is 0 Å². The van der Waals surface area contributed by atoms with Crippen LogP contribution in [0, 0.1) is 0 Å². The molecule has 2 aromatic rings. The van der Waals surface area contributed by atoms with Gasteiger partial charge in [0, 0.05) is 0 Å². The van der Waals surface area contributed by atoms with Crippen LogP contribution in [-0.2, 0) is 10.0 Å². The predicted octanol–water partition coefficient (Wildman–Crippen LogP) is 3.23. The maximum absolute atomic E-state index is 13.0. The number of carbonyl (C=O) groups is 1. The molecule has 0 saturated heterocycles. The number of hydrogen-bond acceptors (Lipinski definition) is 3. The van der Waals surface area contributed by atoms with Crippen molar-refractivity contribution in [3.05, 3.63) is 60.2 Å². The van der Waals surface area contributed by atoms with Crippen molar-refractivity contribution >= 4 is 35.3 Å². The number of carbonyl (C=O) groups excluding carboxylic acids is 1. The van der Waals surface area contributed by atoms with Gasteiger partial charge in [-0.25, -0.2) is 0 Å². The van der Waals surface area contributed by atoms with Crippen molar-refractivity contribution in [2.75, 3.05) is 0 Å². The molecule has 1 heterocycles. The Morgan fingerprint density at radius 1 is 1.00 bits per heavy atom. The summed E-state index contributed by atoms with van der Waals surface area (Å²) in [6, 6.07) is 16.4. The van der Waals surface area contributed by atoms with Crippen LogP contribution < -0.4 is 4.46 Å². The monoisotopic (exact) mass is 437 g/mol. The molecule has 0 bridgehead atoms. The van der Waals surface area contributed by atoms with E-state index in [1.807, 2.05) is 18.2 Å². The summed E-state index contributed by atoms with van der Waals surface area (Å²) in [5.41, 5.74) is 0.306. The normalized spacial score (nSPS) is 16.5. The summed E-state index contributed by atoms with van der Waals surface area (Å²) in [4.78, 5) is 13.0. The Balaban J connectivity index is 1.85. The third-order valence-electron chi connectivity index (χ3n) is 4.51. The molecule has 3 rings (SSSR count). The quantitative estimate of drug-likeness (QED) is 0.472. The average molecular weight is 436 g/mol. The summed E-state index contributed by atoms with van der Waals surface area (Å²) in [7, 11) is -3.74. The zero-order valence-electron chi connectivity index (χ0n) is 14.8. The molecule has 1 aliphatic rings. The molecule has 1 aliphatic heterocycles. The summed E-state index contributed by atoms with van der Waals surface area (Å²) >= 11 is 0.128. The number of amides is 1. The molecule has 0 N–H and O–H groups in total. The van der Waals surface area contributed by atoms with E-state index in [1.165, 1.54) is 10.5 Å². The molecule has 26 heavy (non-hydrogen) atoms. The standard InChI is InChI=1S/C20H23NO3SSe/c1-2-3-5-10-16(15-26-17-11-6-4-7-12-17)21-20(22)18-13-8-9-14-19(18)25(21,23)24/h4,6-9,11-14,16H,2-3,5,10,15H2,1H3. The van der Waals surface area contributed by atoms with E-state index in [1.54, 1.807) is 18.2 Å². The van der Waals surface area contributed by atoms with Gasteiger partial charge in [-0.05, 0) is 0 Å². The second kappa shape index (κ2) is 8.38. The van der Waals surface area contributed by atoms with Crippen molar-refractivity contribution in [1.82, 2.24) is 4.31 Å². The first-order valence-corrected chi connectivity index (χ1v) is 12.4. The fourth-order valence-corrected chi connectivity index (χ4v) is 7.37. The first kappa shape index (κ1) is 19.1. The zero-order chi connectivity index (χ0) is 18.6. The van der Waals surface area contributed by atoms with Crippen molar-refractivity contribution in [3.63, 3.8) is 0 Å². The van der Waals surface area contributed by atoms with Crippen molar-refractivity contribution in [1.29, 1.82) is 0 Å². The second-order valence-electron chi connectivity index (χ2n) is 6.38. The summed E-state index contributed by atoms with van der Waals surface area (Å²) in [5.74, 6) is -0.369. The van der Waals surface area contributed by atoms with Crippen LogP contribution in [-0.4, -0.2) is 39.6 Å². The van der Waals surface area contributed by atoms with Crippen LogP contribution in [0.4, 0.5) is 0 Å². The summed E-state index contributed by atoms with van der Waals surface area (Å²) in [5, 5.41) is 0.708. The number of unbranched alkanes of at least 4 members (excludes halogenated alkanes) is 2. The van der Waals surface area contributed by atoms with Crippen LogP contribution >= 0.6 is 0 Å². The van der Waals surface area contributed by atoms with Crippen LogP contribution in [0.25, 0.3) is 0 Å². The van der Waals surface area contributed by atoms with E-state index in [4.69, 9.17) is 0 Å². The first-order chi connectivity index (χ1) is 12.6. The molecular weight excluding hydrogens is 413 g/mol. The number of hydrogen-bond donors (Lipinski definition) is 0. The van der Waals surface area contributed by atoms with Gasteiger partial charge in [-0.3, -0.25) is 0 Å². The average Bonchev–Trinajstić information content (AvgIpc) is 2.86. The fraction of sp³-hybridized carbons (Fsp3) is 0.350. The molecule has 0 aliphatic carbocycles. The second-order valence-corrected chi connectivity index (χ2v) is 10.5. The summed E-state index contributed by atoms with van der Waals surface area (Å²) in [6.45, 7) is 2.12. The zero-order valence-corrected chi connectivity index (χ0v) is 17.3. The molecule has 0 spiro atoms. The van der Waals surface area contributed by atoms with E-state index in [0.717, 1.165) is 30.0 Å². The molecular formula is C20H23NO3SSe. The van der Waals surface area contributed by atoms with Gasteiger partial charge in [-0.2, -0.15) is 0 Å². The first-order valence-electron chi connectivity index (χ1n) is 8.91. The number of sulfonamides is 1. The molecule has 0 aromatic heterocycles. The number of benzene rings is 2. The predicted molar refractivity (Wildman–Crippen MR) is 104 cm³/mol. The van der Waals surface area contributed by atoms with E-state index < -0.39 is 10.0 Å². The van der Waals surface area contributed by atoms with Crippen molar-refractivity contribution in [2.24, 2.45) is 0 Å². The van der Waals surface area contributed by atoms with E-state index in [9.17, 15) is 13.2 Å². The van der Waals surface area contributed by atoms with Gasteiger partial charge in [0.15, 0.2) is 0 Å². The fourth-order valence-electron chi connectivity index (χ4n) is 3.17. The Hall–Kier alpha value is -1.62. The molecule has 1 atom stereocenters. The third kappa shape index (κ3) is 3.87. The summed E-state index contributed by atoms with van der Waals surface area (Å²) in [6.07, 6.45) is 3.77. The van der Waals surface area contributed by atoms with E-state index in [2.05, 4.69) is 19.1 Å². The molecule has 0 radical (unpaired) electrons. The molecule has 0 saturated carbocycles. The van der Waals surface area contributed by atoms with Crippen LogP contribution in [0.15, 0.2) is 59.5 Å². The molecule has 2 aromatic carbocycles. The topological polar surface area (TPSA) is 54.5 Å². The SMILES string of the molecule is CCCCCC(C[Se]c1ccccc1)N1C(=O)c2ccccc2S1(=O)=O.